The van der Waals surface area contributed by atoms with Crippen molar-refractivity contribution >= 4 is 47.1 Å². The number of amides is 5. The molecule has 0 unspecified atom stereocenters. The highest BCUT2D eigenvalue weighted by Crippen LogP contribution is 2.31. The number of aromatic nitrogens is 2. The lowest BCUT2D eigenvalue weighted by atomic mass is 10.0. The normalized spacial score (nSPS) is 13.2. The molecule has 4 rings (SSSR count). The fourth-order valence-electron chi connectivity index (χ4n) is 6.39. The number of carbonyl (C=O) groups excluding carboxylic acids is 5. The fourth-order valence-corrected chi connectivity index (χ4v) is 6.39. The van der Waals surface area contributed by atoms with Crippen LogP contribution in [0.2, 0.25) is 0 Å². The van der Waals surface area contributed by atoms with E-state index >= 15 is 0 Å². The number of hydrogen-bond acceptors (Lipinski definition) is 19. The standard InChI is InChI=1S/C49H72N8O15/c1-2-9-52-49(62)40-32-39-4-3-38(33-42(39)56-43(50)34-40)41-35-53-44(54-36-41)37-55-46(59)8-12-63-14-16-65-18-20-67-22-24-69-26-28-71-30-31-72-29-27-70-25-23-68-21-19-66-17-15-64-13-10-51-45(58)7-11-57-47(60)5-6-48(57)61/h3-6,32-33,35-36H,2,7-31,34,37H2,1H3,(H2,50,56)(H,51,58)(H,52,62)(H,55,59). The molecule has 0 saturated carbocycles. The quantitative estimate of drug-likeness (QED) is 0.0534. The molecular formula is C49H72N8O15. The lowest BCUT2D eigenvalue weighted by Crippen LogP contribution is -2.35. The molecule has 3 heterocycles. The van der Waals surface area contributed by atoms with Crippen LogP contribution in [0.4, 0.5) is 5.69 Å². The Labute approximate surface area is 420 Å². The lowest BCUT2D eigenvalue weighted by Gasteiger charge is -2.13. The molecule has 0 fully saturated rings. The van der Waals surface area contributed by atoms with E-state index in [0.29, 0.717) is 162 Å². The maximum atomic E-state index is 12.6. The van der Waals surface area contributed by atoms with Gasteiger partial charge in [-0.1, -0.05) is 19.1 Å². The topological polar surface area (TPSA) is 281 Å². The molecule has 2 aliphatic rings. The average Bonchev–Trinajstić information content (AvgIpc) is 3.60. The van der Waals surface area contributed by atoms with E-state index in [0.717, 1.165) is 28.0 Å². The zero-order valence-electron chi connectivity index (χ0n) is 41.4. The number of benzene rings is 1. The minimum absolute atomic E-state index is 0.0421. The molecule has 398 valence electrons. The van der Waals surface area contributed by atoms with Crippen molar-refractivity contribution < 1.29 is 71.3 Å². The number of ether oxygens (including phenoxy) is 10. The molecule has 1 aromatic carbocycles. The molecule has 1 aromatic heterocycles. The van der Waals surface area contributed by atoms with Crippen LogP contribution < -0.4 is 21.7 Å². The van der Waals surface area contributed by atoms with E-state index in [4.69, 9.17) is 53.1 Å². The van der Waals surface area contributed by atoms with E-state index in [1.165, 1.54) is 12.2 Å². The van der Waals surface area contributed by atoms with Gasteiger partial charge in [0.15, 0.2) is 0 Å². The summed E-state index contributed by atoms with van der Waals surface area (Å²) in [5.41, 5.74) is 9.79. The van der Waals surface area contributed by atoms with Crippen LogP contribution in [0.25, 0.3) is 17.2 Å². The minimum Gasteiger partial charge on any atom is -0.387 e. The second kappa shape index (κ2) is 37.2. The van der Waals surface area contributed by atoms with Gasteiger partial charge < -0.3 is 69.1 Å². The minimum atomic E-state index is -0.404. The number of nitrogens with one attached hydrogen (secondary N) is 3. The van der Waals surface area contributed by atoms with Crippen LogP contribution in [0.1, 0.15) is 44.0 Å². The third-order valence-electron chi connectivity index (χ3n) is 10.2. The van der Waals surface area contributed by atoms with Crippen LogP contribution in [0.5, 0.6) is 0 Å². The SMILES string of the molecule is CCCNC(=O)C1=Cc2ccc(-c3cnc(CNC(=O)CCOCCOCCOCCOCCOCCOCCOCCOCCOCCOCCNC(=O)CCN4C(=O)C=CC4=O)nc3)cc2N=C(N)C1. The average molecular weight is 1010 g/mol. The molecule has 72 heavy (non-hydrogen) atoms. The molecule has 5 amide bonds. The van der Waals surface area contributed by atoms with E-state index in [2.05, 4.69) is 30.9 Å². The number of imide groups is 1. The Balaban J connectivity index is 0.822. The van der Waals surface area contributed by atoms with Crippen LogP contribution >= 0.6 is 0 Å². The number of aliphatic imine (C=N–C) groups is 1. The van der Waals surface area contributed by atoms with E-state index in [1.807, 2.05) is 31.2 Å². The van der Waals surface area contributed by atoms with Crippen LogP contribution in [-0.2, 0) is 77.9 Å². The molecule has 2 aliphatic heterocycles. The highest BCUT2D eigenvalue weighted by Gasteiger charge is 2.23. The Hall–Kier alpha value is -5.60. The molecule has 0 aliphatic carbocycles. The van der Waals surface area contributed by atoms with Crippen LogP contribution in [-0.4, -0.2) is 202 Å². The third kappa shape index (κ3) is 25.7. The van der Waals surface area contributed by atoms with Gasteiger partial charge >= 0.3 is 0 Å². The summed E-state index contributed by atoms with van der Waals surface area (Å²) in [4.78, 5) is 74.1. The number of fused-ring (bicyclic) bond motifs is 1. The molecule has 0 bridgehead atoms. The molecule has 0 spiro atoms. The van der Waals surface area contributed by atoms with E-state index in [-0.39, 0.29) is 56.7 Å². The van der Waals surface area contributed by atoms with Crippen LogP contribution in [0.3, 0.4) is 0 Å². The van der Waals surface area contributed by atoms with Gasteiger partial charge in [-0.3, -0.25) is 28.9 Å². The first kappa shape index (κ1) is 59.0. The summed E-state index contributed by atoms with van der Waals surface area (Å²) < 4.78 is 54.9. The van der Waals surface area contributed by atoms with Crippen molar-refractivity contribution in [3.63, 3.8) is 0 Å². The van der Waals surface area contributed by atoms with Crippen molar-refractivity contribution in [2.24, 2.45) is 10.7 Å². The number of carbonyl (C=O) groups is 5. The predicted molar refractivity (Wildman–Crippen MR) is 263 cm³/mol. The largest absolute Gasteiger partial charge is 0.387 e. The van der Waals surface area contributed by atoms with Crippen molar-refractivity contribution in [1.29, 1.82) is 0 Å². The van der Waals surface area contributed by atoms with Gasteiger partial charge in [-0.05, 0) is 24.1 Å². The fraction of sp³-hybridized carbons (Fsp3) is 0.592. The first-order valence-corrected chi connectivity index (χ1v) is 24.3. The van der Waals surface area contributed by atoms with E-state index in [1.54, 1.807) is 12.4 Å². The Morgan fingerprint density at radius 1 is 0.583 bits per heavy atom. The Morgan fingerprint density at radius 3 is 1.56 bits per heavy atom. The van der Waals surface area contributed by atoms with Crippen molar-refractivity contribution in [1.82, 2.24) is 30.8 Å². The number of nitrogens with zero attached hydrogens (tertiary/aromatic N) is 4. The molecule has 0 radical (unpaired) electrons. The number of amidine groups is 1. The zero-order chi connectivity index (χ0) is 51.3. The highest BCUT2D eigenvalue weighted by atomic mass is 16.6. The van der Waals surface area contributed by atoms with E-state index in [9.17, 15) is 24.0 Å². The highest BCUT2D eigenvalue weighted by molar-refractivity contribution is 6.13. The second-order valence-electron chi connectivity index (χ2n) is 15.8. The molecule has 2 aromatic rings. The molecule has 0 saturated heterocycles. The van der Waals surface area contributed by atoms with Gasteiger partial charge in [-0.2, -0.15) is 0 Å². The van der Waals surface area contributed by atoms with Crippen LogP contribution in [0.15, 0.2) is 53.3 Å². The molecule has 23 nitrogen and oxygen atoms in total. The summed E-state index contributed by atoms with van der Waals surface area (Å²) in [6, 6.07) is 5.70. The summed E-state index contributed by atoms with van der Waals surface area (Å²) in [6.07, 6.45) is 8.93. The third-order valence-corrected chi connectivity index (χ3v) is 10.2. The van der Waals surface area contributed by atoms with Gasteiger partial charge in [-0.15, -0.1) is 0 Å². The van der Waals surface area contributed by atoms with Gasteiger partial charge in [0.05, 0.1) is 144 Å². The second-order valence-corrected chi connectivity index (χ2v) is 15.8. The predicted octanol–water partition coefficient (Wildman–Crippen LogP) is 1.05. The van der Waals surface area contributed by atoms with Crippen molar-refractivity contribution in [2.45, 2.75) is 39.2 Å². The summed E-state index contributed by atoms with van der Waals surface area (Å²) in [5.74, 6) is -0.566. The first-order chi connectivity index (χ1) is 35.2. The van der Waals surface area contributed by atoms with E-state index < -0.39 is 11.8 Å². The Kier molecular flexibility index (Phi) is 30.5. The van der Waals surface area contributed by atoms with Gasteiger partial charge in [0.1, 0.15) is 11.7 Å². The number of nitrogens with two attached hydrogens (primary N) is 1. The number of rotatable bonds is 42. The smallest absolute Gasteiger partial charge is 0.253 e. The number of hydrogen-bond donors (Lipinski definition) is 4. The maximum absolute atomic E-state index is 12.6. The molecule has 23 heteroatoms. The molecule has 5 N–H and O–H groups in total. The van der Waals surface area contributed by atoms with Crippen molar-refractivity contribution in [2.75, 3.05) is 152 Å². The monoisotopic (exact) mass is 1010 g/mol. The zero-order valence-corrected chi connectivity index (χ0v) is 41.4. The lowest BCUT2D eigenvalue weighted by molar-refractivity contribution is -0.137. The summed E-state index contributed by atoms with van der Waals surface area (Å²) in [6.45, 7) is 11.4. The van der Waals surface area contributed by atoms with Crippen molar-refractivity contribution in [3.8, 4) is 11.1 Å². The first-order valence-electron chi connectivity index (χ1n) is 24.3. The summed E-state index contributed by atoms with van der Waals surface area (Å²) in [7, 11) is 0. The molecular weight excluding hydrogens is 941 g/mol. The maximum Gasteiger partial charge on any atom is 0.253 e. The van der Waals surface area contributed by atoms with Gasteiger partial charge in [0.2, 0.25) is 17.7 Å². The van der Waals surface area contributed by atoms with Gasteiger partial charge in [0.25, 0.3) is 11.8 Å². The summed E-state index contributed by atoms with van der Waals surface area (Å²) >= 11 is 0. The summed E-state index contributed by atoms with van der Waals surface area (Å²) in [5, 5.41) is 8.38. The van der Waals surface area contributed by atoms with Gasteiger partial charge in [0, 0.05) is 80.1 Å². The molecule has 0 atom stereocenters. The Morgan fingerprint density at radius 2 is 1.06 bits per heavy atom. The van der Waals surface area contributed by atoms with Crippen molar-refractivity contribution in [3.05, 3.63) is 59.7 Å². The van der Waals surface area contributed by atoms with Gasteiger partial charge in [-0.25, -0.2) is 15.0 Å². The Bertz CT molecular complexity index is 2000. The van der Waals surface area contributed by atoms with Crippen LogP contribution in [0, 0.1) is 0 Å².